The van der Waals surface area contributed by atoms with Gasteiger partial charge in [-0.25, -0.2) is 18.0 Å². The van der Waals surface area contributed by atoms with E-state index in [1.165, 1.54) is 24.3 Å². The number of alkyl carbamates (subject to hydrolysis) is 1. The zero-order valence-electron chi connectivity index (χ0n) is 14.7. The molecule has 9 heteroatoms. The van der Waals surface area contributed by atoms with E-state index in [4.69, 9.17) is 4.74 Å². The largest absolute Gasteiger partial charge is 0.467 e. The molecule has 1 aromatic carbocycles. The number of carbonyl (C=O) groups is 3. The van der Waals surface area contributed by atoms with Crippen molar-refractivity contribution in [1.82, 2.24) is 5.32 Å². The summed E-state index contributed by atoms with van der Waals surface area (Å²) in [4.78, 5) is 36.2. The van der Waals surface area contributed by atoms with E-state index in [1.807, 2.05) is 0 Å². The highest BCUT2D eigenvalue weighted by Crippen LogP contribution is 2.13. The molecular formula is C16H21NO7S. The molecule has 0 saturated heterocycles. The first-order valence-corrected chi connectivity index (χ1v) is 9.16. The molecule has 1 rings (SSSR count). The van der Waals surface area contributed by atoms with Crippen LogP contribution in [0.15, 0.2) is 29.2 Å². The first-order chi connectivity index (χ1) is 11.3. The molecule has 0 aliphatic rings. The molecule has 138 valence electrons. The summed E-state index contributed by atoms with van der Waals surface area (Å²) < 4.78 is 32.5. The molecule has 0 heterocycles. The molecule has 0 unspecified atom stereocenters. The van der Waals surface area contributed by atoms with Gasteiger partial charge in [0.05, 0.1) is 12.0 Å². The number of nitrogens with one attached hydrogen (secondary N) is 1. The third-order valence-corrected chi connectivity index (χ3v) is 4.06. The van der Waals surface area contributed by atoms with Crippen LogP contribution in [0.5, 0.6) is 0 Å². The van der Waals surface area contributed by atoms with E-state index in [0.717, 1.165) is 13.4 Å². The average Bonchev–Trinajstić information content (AvgIpc) is 2.48. The van der Waals surface area contributed by atoms with Crippen molar-refractivity contribution in [3.63, 3.8) is 0 Å². The van der Waals surface area contributed by atoms with Gasteiger partial charge in [0.25, 0.3) is 0 Å². The third-order valence-electron chi connectivity index (χ3n) is 2.93. The van der Waals surface area contributed by atoms with Crippen LogP contribution in [0.4, 0.5) is 4.79 Å². The predicted octanol–water partition coefficient (Wildman–Crippen LogP) is 1.34. The number of ketones is 1. The van der Waals surface area contributed by atoms with Crippen LogP contribution in [0.25, 0.3) is 0 Å². The number of carbonyl (C=O) groups excluding carboxylic acids is 3. The van der Waals surface area contributed by atoms with E-state index < -0.39 is 39.3 Å². The average molecular weight is 371 g/mol. The maximum absolute atomic E-state index is 12.5. The highest BCUT2D eigenvalue weighted by Gasteiger charge is 2.32. The minimum Gasteiger partial charge on any atom is -0.467 e. The second-order valence-electron chi connectivity index (χ2n) is 6.26. The summed E-state index contributed by atoms with van der Waals surface area (Å²) in [7, 11) is -2.34. The van der Waals surface area contributed by atoms with Gasteiger partial charge in [0, 0.05) is 11.8 Å². The van der Waals surface area contributed by atoms with Gasteiger partial charge < -0.3 is 14.8 Å². The Bertz CT molecular complexity index is 761. The third kappa shape index (κ3) is 6.18. The van der Waals surface area contributed by atoms with Gasteiger partial charge in [-0.3, -0.25) is 4.79 Å². The Kier molecular flexibility index (Phi) is 6.31. The fraction of sp³-hybridized carbons (Fsp3) is 0.438. The molecule has 0 aliphatic heterocycles. The SMILES string of the molecule is COC(=O)[C@@H](NC(=O)OC(C)(C)C)C(=O)c1ccc(S(C)(=O)=O)cc1. The van der Waals surface area contributed by atoms with E-state index >= 15 is 0 Å². The van der Waals surface area contributed by atoms with Crippen molar-refractivity contribution in [2.75, 3.05) is 13.4 Å². The number of rotatable bonds is 5. The summed E-state index contributed by atoms with van der Waals surface area (Å²) >= 11 is 0. The standard InChI is InChI=1S/C16H21NO7S/c1-16(2,3)24-15(20)17-12(14(19)23-4)13(18)10-6-8-11(9-7-10)25(5,21)22/h6-9,12H,1-5H3,(H,17,20)/t12-/m0/s1. The molecule has 0 fully saturated rings. The lowest BCUT2D eigenvalue weighted by Crippen LogP contribution is -2.48. The fourth-order valence-electron chi connectivity index (χ4n) is 1.81. The molecule has 1 amide bonds. The van der Waals surface area contributed by atoms with Crippen molar-refractivity contribution in [1.29, 1.82) is 0 Å². The predicted molar refractivity (Wildman–Crippen MR) is 89.1 cm³/mol. The van der Waals surface area contributed by atoms with Gasteiger partial charge >= 0.3 is 12.1 Å². The summed E-state index contributed by atoms with van der Waals surface area (Å²) in [5, 5.41) is 2.16. The van der Waals surface area contributed by atoms with Crippen LogP contribution in [0.1, 0.15) is 31.1 Å². The van der Waals surface area contributed by atoms with Crippen molar-refractivity contribution < 1.29 is 32.3 Å². The molecule has 8 nitrogen and oxygen atoms in total. The molecule has 0 saturated carbocycles. The quantitative estimate of drug-likeness (QED) is 0.472. The van der Waals surface area contributed by atoms with E-state index in [2.05, 4.69) is 10.1 Å². The van der Waals surface area contributed by atoms with Crippen molar-refractivity contribution in [2.24, 2.45) is 0 Å². The Morgan fingerprint density at radius 2 is 1.60 bits per heavy atom. The Balaban J connectivity index is 3.05. The van der Waals surface area contributed by atoms with Crippen LogP contribution >= 0.6 is 0 Å². The highest BCUT2D eigenvalue weighted by molar-refractivity contribution is 7.90. The van der Waals surface area contributed by atoms with E-state index in [-0.39, 0.29) is 10.5 Å². The van der Waals surface area contributed by atoms with E-state index in [0.29, 0.717) is 0 Å². The second-order valence-corrected chi connectivity index (χ2v) is 8.28. The summed E-state index contributed by atoms with van der Waals surface area (Å²) in [5.41, 5.74) is -0.774. The lowest BCUT2D eigenvalue weighted by molar-refractivity contribution is -0.141. The van der Waals surface area contributed by atoms with Crippen LogP contribution in [0.2, 0.25) is 0 Å². The van der Waals surface area contributed by atoms with Gasteiger partial charge in [-0.1, -0.05) is 12.1 Å². The zero-order chi connectivity index (χ0) is 19.4. The molecule has 1 N–H and O–H groups in total. The Morgan fingerprint density at radius 1 is 1.08 bits per heavy atom. The van der Waals surface area contributed by atoms with Crippen molar-refractivity contribution in [3.05, 3.63) is 29.8 Å². The number of esters is 1. The van der Waals surface area contributed by atoms with E-state index in [9.17, 15) is 22.8 Å². The summed E-state index contributed by atoms with van der Waals surface area (Å²) in [6.07, 6.45) is 0.0783. The van der Waals surface area contributed by atoms with Crippen molar-refractivity contribution >= 4 is 27.7 Å². The Morgan fingerprint density at radius 3 is 2.00 bits per heavy atom. The van der Waals surface area contributed by atoms with Gasteiger partial charge in [0.1, 0.15) is 5.60 Å². The Labute approximate surface area is 146 Å². The summed E-state index contributed by atoms with van der Waals surface area (Å²) in [5.74, 6) is -1.72. The van der Waals surface area contributed by atoms with Crippen LogP contribution < -0.4 is 5.32 Å². The van der Waals surface area contributed by atoms with Crippen LogP contribution in [-0.4, -0.2) is 51.3 Å². The number of sulfone groups is 1. The normalized spacial score (nSPS) is 12.8. The first kappa shape index (κ1) is 20.6. The topological polar surface area (TPSA) is 116 Å². The number of hydrogen-bond donors (Lipinski definition) is 1. The lowest BCUT2D eigenvalue weighted by Gasteiger charge is -2.22. The molecule has 0 bridgehead atoms. The van der Waals surface area contributed by atoms with Gasteiger partial charge in [0.2, 0.25) is 0 Å². The number of benzene rings is 1. The first-order valence-electron chi connectivity index (χ1n) is 7.27. The van der Waals surface area contributed by atoms with Crippen LogP contribution in [-0.2, 0) is 24.1 Å². The second kappa shape index (κ2) is 7.64. The van der Waals surface area contributed by atoms with Gasteiger partial charge in [0.15, 0.2) is 21.7 Å². The highest BCUT2D eigenvalue weighted by atomic mass is 32.2. The monoisotopic (exact) mass is 371 g/mol. The van der Waals surface area contributed by atoms with Gasteiger partial charge in [-0.05, 0) is 32.9 Å². The number of amides is 1. The molecule has 0 radical (unpaired) electrons. The fourth-order valence-corrected chi connectivity index (χ4v) is 2.44. The summed E-state index contributed by atoms with van der Waals surface area (Å²) in [6, 6.07) is 3.38. The maximum atomic E-state index is 12.5. The number of ether oxygens (including phenoxy) is 2. The summed E-state index contributed by atoms with van der Waals surface area (Å²) in [6.45, 7) is 4.89. The van der Waals surface area contributed by atoms with Crippen molar-refractivity contribution in [2.45, 2.75) is 37.3 Å². The number of hydrogen-bond acceptors (Lipinski definition) is 7. The van der Waals surface area contributed by atoms with E-state index in [1.54, 1.807) is 20.8 Å². The molecule has 0 aromatic heterocycles. The lowest BCUT2D eigenvalue weighted by atomic mass is 10.0. The van der Waals surface area contributed by atoms with Gasteiger partial charge in [-0.2, -0.15) is 0 Å². The van der Waals surface area contributed by atoms with Crippen molar-refractivity contribution in [3.8, 4) is 0 Å². The zero-order valence-corrected chi connectivity index (χ0v) is 15.5. The number of methoxy groups -OCH3 is 1. The number of Topliss-reactive ketones (excluding diaryl/α,β-unsaturated/α-hetero) is 1. The molecule has 0 aliphatic carbocycles. The minimum atomic E-state index is -3.42. The molecule has 25 heavy (non-hydrogen) atoms. The molecule has 1 atom stereocenters. The smallest absolute Gasteiger partial charge is 0.408 e. The Hall–Kier alpha value is -2.42. The molecular weight excluding hydrogens is 350 g/mol. The van der Waals surface area contributed by atoms with Gasteiger partial charge in [-0.15, -0.1) is 0 Å². The molecule has 1 aromatic rings. The minimum absolute atomic E-state index is 0.0266. The van der Waals surface area contributed by atoms with Crippen LogP contribution in [0.3, 0.4) is 0 Å². The molecule has 0 spiro atoms. The van der Waals surface area contributed by atoms with Crippen LogP contribution in [0, 0.1) is 0 Å². The maximum Gasteiger partial charge on any atom is 0.408 e.